The summed E-state index contributed by atoms with van der Waals surface area (Å²) < 4.78 is 64.3. The monoisotopic (exact) mass is 1630 g/mol. The van der Waals surface area contributed by atoms with Gasteiger partial charge in [0.25, 0.3) is 17.7 Å². The molecule has 6 aromatic carbocycles. The Morgan fingerprint density at radius 1 is 0.375 bits per heavy atom. The summed E-state index contributed by atoms with van der Waals surface area (Å²) in [6.07, 6.45) is 12.9. The number of aromatic amines is 3. The zero-order valence-electron chi connectivity index (χ0n) is 68.5. The van der Waals surface area contributed by atoms with Gasteiger partial charge in [0.05, 0.1) is 0 Å². The van der Waals surface area contributed by atoms with E-state index < -0.39 is 17.5 Å². The predicted molar refractivity (Wildman–Crippen MR) is 463 cm³/mol. The number of carbonyl (C=O) groups excluding carboxylic acids is 3. The van der Waals surface area contributed by atoms with E-state index in [9.17, 15) is 14.4 Å². The molecule has 7 N–H and O–H groups in total. The molecule has 27 nitrogen and oxygen atoms in total. The zero-order valence-corrected chi connectivity index (χ0v) is 68.5. The number of hydrogen-bond donors (Lipinski definition) is 7. The minimum Gasteiger partial charge on any atom is -0.435 e. The lowest BCUT2D eigenvalue weighted by Gasteiger charge is -2.35. The minimum absolute atomic E-state index is 0.000346. The second-order valence-electron chi connectivity index (χ2n) is 31.4. The number of benzene rings is 6. The molecule has 18 rings (SSSR count). The molecule has 0 spiro atoms. The molecular weight excluding hydrogens is 1530 g/mol. The first-order valence-electron chi connectivity index (χ1n) is 41.8. The van der Waals surface area contributed by atoms with Crippen LogP contribution in [0.15, 0.2) is 146 Å². The molecule has 0 atom stereocenters. The number of nitrogens with zero attached hydrogens (tertiary/aromatic N) is 14. The Morgan fingerprint density at radius 2 is 0.675 bits per heavy atom. The van der Waals surface area contributed by atoms with Gasteiger partial charge in [0.2, 0.25) is 17.6 Å². The molecule has 0 bridgehead atoms. The lowest BCUT2D eigenvalue weighted by atomic mass is 10.1. The molecule has 0 aliphatic carbocycles. The van der Waals surface area contributed by atoms with Crippen LogP contribution in [-0.4, -0.2) is 218 Å². The molecule has 6 aliphatic rings. The quantitative estimate of drug-likeness (QED) is 0.0396. The highest BCUT2D eigenvalue weighted by Gasteiger charge is 2.33. The van der Waals surface area contributed by atoms with Crippen molar-refractivity contribution < 1.29 is 41.8 Å². The van der Waals surface area contributed by atoms with E-state index in [4.69, 9.17) is 14.2 Å². The van der Waals surface area contributed by atoms with Gasteiger partial charge in [-0.15, -0.1) is 0 Å². The van der Waals surface area contributed by atoms with Crippen molar-refractivity contribution in [3.8, 4) is 34.9 Å². The lowest BCUT2D eigenvalue weighted by molar-refractivity contribution is 0.0713. The Labute approximate surface area is 695 Å². The lowest BCUT2D eigenvalue weighted by Crippen LogP contribution is -2.46. The number of carbonyl (C=O) groups is 3. The van der Waals surface area contributed by atoms with Gasteiger partial charge in [0.1, 0.15) is 35.7 Å². The summed E-state index contributed by atoms with van der Waals surface area (Å²) in [7, 11) is 2.14. The first kappa shape index (κ1) is 81.2. The standard InChI is InChI=1S/C31H36FN7O2.C30H34FN7O2.C29H32FN7O2/c1-3-37-15-17-38(18-16-37)23-9-7-22(8-10-23)36-29-27(31(40)39-13-5-4-6-14-39)30(34-20-33-29)41-26-12-11-25-24(28(26)32)19-21(2)35-25;1-20-18-23-24(34-20)10-11-25(27(23)31)40-29-26(30(39)38-12-4-3-5-13-38)28(32-19-33-29)35-21-6-8-22(9-7-21)37-16-14-36(2)15-17-37;1-19-17-22-23(34-19)9-10-24(26(22)30)39-28-25(29(38)37-13-3-2-4-14-37)27(32-18-33-28)35-20-5-7-21(8-6-20)36-15-11-31-12-16-36/h7-12,19-20,35H,3-6,13-18H2,1-2H3,(H,33,34,36);6-11,18-19,34H,3-5,12-17H2,1-2H3,(H,32,33,35);5-10,17-18,31,34H,2-4,11-16H2,1H3,(H,32,33,35). The third-order valence-corrected chi connectivity index (χ3v) is 23.1. The normalized spacial score (nSPS) is 16.2. The average molecular weight is 1630 g/mol. The van der Waals surface area contributed by atoms with Crippen molar-refractivity contribution in [3.63, 3.8) is 0 Å². The van der Waals surface area contributed by atoms with E-state index in [-0.39, 0.29) is 69.3 Å². The van der Waals surface area contributed by atoms with Gasteiger partial charge in [0.15, 0.2) is 52.2 Å². The number of fused-ring (bicyclic) bond motifs is 3. The number of likely N-dealkylation sites (tertiary alicyclic amines) is 3. The first-order chi connectivity index (χ1) is 58.5. The fraction of sp³-hybridized carbons (Fsp3) is 0.367. The molecular formula is C90H102F3N21O6. The Balaban J connectivity index is 0.000000134. The maximum atomic E-state index is 15.4. The van der Waals surface area contributed by atoms with Gasteiger partial charge in [-0.05, 0) is 220 Å². The maximum Gasteiger partial charge on any atom is 0.263 e. The van der Waals surface area contributed by atoms with Gasteiger partial charge >= 0.3 is 0 Å². The van der Waals surface area contributed by atoms with Crippen LogP contribution in [0.5, 0.6) is 34.9 Å². The average Bonchev–Trinajstić information content (AvgIpc) is 1.41. The van der Waals surface area contributed by atoms with Gasteiger partial charge < -0.3 is 89.6 Å². The maximum absolute atomic E-state index is 15.4. The van der Waals surface area contributed by atoms with Crippen molar-refractivity contribution in [3.05, 3.63) is 198 Å². The molecule has 6 saturated heterocycles. The molecule has 6 aromatic heterocycles. The van der Waals surface area contributed by atoms with Crippen molar-refractivity contribution in [1.29, 1.82) is 0 Å². The number of H-pyrrole nitrogens is 3. The Morgan fingerprint density at radius 3 is 0.983 bits per heavy atom. The molecule has 12 aromatic rings. The molecule has 6 fully saturated rings. The number of aromatic nitrogens is 9. The number of hydrogen-bond acceptors (Lipinski definition) is 21. The number of amides is 3. The van der Waals surface area contributed by atoms with Gasteiger partial charge in [-0.25, -0.2) is 43.1 Å². The van der Waals surface area contributed by atoms with Crippen LogP contribution in [0.4, 0.5) is 64.7 Å². The van der Waals surface area contributed by atoms with Crippen LogP contribution in [0.3, 0.4) is 0 Å². The molecule has 12 heterocycles. The molecule has 0 saturated carbocycles. The van der Waals surface area contributed by atoms with E-state index in [1.165, 1.54) is 19.0 Å². The van der Waals surface area contributed by atoms with Gasteiger partial charge in [-0.2, -0.15) is 0 Å². The topological polar surface area (TPSA) is 278 Å². The molecule has 0 radical (unpaired) electrons. The fourth-order valence-corrected chi connectivity index (χ4v) is 16.4. The van der Waals surface area contributed by atoms with E-state index in [1.807, 2.05) is 57.2 Å². The smallest absolute Gasteiger partial charge is 0.263 e. The number of halogens is 3. The SMILES string of the molecule is CCN1CCN(c2ccc(Nc3ncnc(Oc4ccc5[nH]c(C)cc5c4F)c3C(=O)N3CCCCC3)cc2)CC1.Cc1cc2c(F)c(Oc3ncnc(Nc4ccc(N5CCN(C)CC5)cc4)c3C(=O)N3CCCCC3)ccc2[nH]1.Cc1cc2c(F)c(Oc3ncnc(Nc4ccc(N5CCNCC5)cc4)c3C(=O)N3CCCCC3)ccc2[nH]1. The number of piperazine rings is 3. The number of anilines is 9. The minimum atomic E-state index is -0.509. The predicted octanol–water partition coefficient (Wildman–Crippen LogP) is 16.0. The summed E-state index contributed by atoms with van der Waals surface area (Å²) in [6, 6.07) is 39.4. The van der Waals surface area contributed by atoms with Crippen LogP contribution in [0.2, 0.25) is 0 Å². The number of piperidine rings is 3. The summed E-state index contributed by atoms with van der Waals surface area (Å²) in [5.41, 5.74) is 11.0. The first-order valence-corrected chi connectivity index (χ1v) is 41.8. The highest BCUT2D eigenvalue weighted by atomic mass is 19.1. The van der Waals surface area contributed by atoms with E-state index >= 15 is 13.2 Å². The number of ether oxygens (including phenoxy) is 3. The van der Waals surface area contributed by atoms with Crippen molar-refractivity contribution in [2.24, 2.45) is 0 Å². The largest absolute Gasteiger partial charge is 0.435 e. The van der Waals surface area contributed by atoms with Crippen LogP contribution in [-0.2, 0) is 0 Å². The molecule has 6 aliphatic heterocycles. The van der Waals surface area contributed by atoms with E-state index in [2.05, 4.69) is 141 Å². The summed E-state index contributed by atoms with van der Waals surface area (Å²) in [6.45, 7) is 24.7. The van der Waals surface area contributed by atoms with Crippen LogP contribution < -0.4 is 50.2 Å². The van der Waals surface area contributed by atoms with E-state index in [1.54, 1.807) is 69.3 Å². The molecule has 3 amide bonds. The second kappa shape index (κ2) is 37.2. The van der Waals surface area contributed by atoms with Crippen molar-refractivity contribution in [2.45, 2.75) is 85.5 Å². The third-order valence-electron chi connectivity index (χ3n) is 23.1. The van der Waals surface area contributed by atoms with Crippen LogP contribution in [0.25, 0.3) is 32.7 Å². The zero-order chi connectivity index (χ0) is 82.8. The van der Waals surface area contributed by atoms with Crippen molar-refractivity contribution in [2.75, 3.05) is 162 Å². The Hall–Kier alpha value is -12.5. The van der Waals surface area contributed by atoms with Gasteiger partial charge in [0, 0.05) is 202 Å². The van der Waals surface area contributed by atoms with Gasteiger partial charge in [-0.3, -0.25) is 14.4 Å². The Kier molecular flexibility index (Phi) is 25.2. The van der Waals surface area contributed by atoms with Crippen molar-refractivity contribution in [1.82, 2.24) is 74.7 Å². The van der Waals surface area contributed by atoms with Crippen LogP contribution in [0.1, 0.15) is 113 Å². The summed E-state index contributed by atoms with van der Waals surface area (Å²) in [5, 5.41) is 14.5. The van der Waals surface area contributed by atoms with Crippen LogP contribution in [0, 0.1) is 38.2 Å². The highest BCUT2D eigenvalue weighted by Crippen LogP contribution is 2.40. The van der Waals surface area contributed by atoms with Crippen LogP contribution >= 0.6 is 0 Å². The number of nitrogens with one attached hydrogen (secondary N) is 7. The Bertz CT molecular complexity index is 5590. The molecule has 624 valence electrons. The summed E-state index contributed by atoms with van der Waals surface area (Å²) >= 11 is 0. The third kappa shape index (κ3) is 18.6. The summed E-state index contributed by atoms with van der Waals surface area (Å²) in [5.74, 6) is -1.18. The fourth-order valence-electron chi connectivity index (χ4n) is 16.4. The van der Waals surface area contributed by atoms with Crippen molar-refractivity contribution >= 4 is 102 Å². The second-order valence-corrected chi connectivity index (χ2v) is 31.4. The molecule has 120 heavy (non-hydrogen) atoms. The van der Waals surface area contributed by atoms with Gasteiger partial charge in [-0.1, -0.05) is 6.92 Å². The number of aryl methyl sites for hydroxylation is 3. The molecule has 30 heteroatoms. The highest BCUT2D eigenvalue weighted by molar-refractivity contribution is 6.04. The van der Waals surface area contributed by atoms with E-state index in [0.29, 0.717) is 89.4 Å². The number of likely N-dealkylation sites (N-methyl/N-ethyl adjacent to an activating group) is 2. The summed E-state index contributed by atoms with van der Waals surface area (Å²) in [4.78, 5) is 94.3. The van der Waals surface area contributed by atoms with E-state index in [0.717, 1.165) is 194 Å². The molecule has 0 unspecified atom stereocenters. The number of rotatable bonds is 19.